The predicted octanol–water partition coefficient (Wildman–Crippen LogP) is 0.955. The van der Waals surface area contributed by atoms with E-state index in [1.165, 1.54) is 0 Å². The van der Waals surface area contributed by atoms with Gasteiger partial charge in [0.25, 0.3) is 0 Å². The van der Waals surface area contributed by atoms with E-state index < -0.39 is 24.1 Å². The summed E-state index contributed by atoms with van der Waals surface area (Å²) < 4.78 is 13.4. The maximum absolute atomic E-state index is 13.4. The quantitative estimate of drug-likeness (QED) is 0.691. The number of hydrogen-bond acceptors (Lipinski definition) is 5. The number of nitrogens with one attached hydrogen (secondary N) is 1. The maximum Gasteiger partial charge on any atom is 0.224 e. The number of aliphatic hydroxyl groups is 2. The van der Waals surface area contributed by atoms with Crippen molar-refractivity contribution < 1.29 is 14.6 Å². The van der Waals surface area contributed by atoms with Gasteiger partial charge in [-0.1, -0.05) is 0 Å². The molecule has 2 rings (SSSR count). The lowest BCUT2D eigenvalue weighted by Crippen LogP contribution is -2.45. The van der Waals surface area contributed by atoms with Crippen molar-refractivity contribution in [2.75, 3.05) is 5.32 Å². The molecule has 1 aromatic heterocycles. The molecule has 1 fully saturated rings. The third-order valence-electron chi connectivity index (χ3n) is 2.86. The van der Waals surface area contributed by atoms with Crippen molar-refractivity contribution in [1.82, 2.24) is 9.97 Å². The van der Waals surface area contributed by atoms with Crippen LogP contribution in [0.15, 0.2) is 6.20 Å². The summed E-state index contributed by atoms with van der Waals surface area (Å²) in [6.07, 6.45) is 1.18. The fourth-order valence-electron chi connectivity index (χ4n) is 1.94. The molecule has 0 radical (unpaired) electrons. The van der Waals surface area contributed by atoms with Gasteiger partial charge in [0, 0.05) is 0 Å². The van der Waals surface area contributed by atoms with Crippen LogP contribution in [0.25, 0.3) is 0 Å². The molecule has 0 saturated heterocycles. The Hall–Kier alpha value is -0.980. The third-order valence-corrected chi connectivity index (χ3v) is 3.04. The van der Waals surface area contributed by atoms with Gasteiger partial charge in [0.15, 0.2) is 11.6 Å². The summed E-state index contributed by atoms with van der Waals surface area (Å²) in [7, 11) is 0. The summed E-state index contributed by atoms with van der Waals surface area (Å²) in [6.45, 7) is 0. The molecular formula is C10H13ClFN3O2. The van der Waals surface area contributed by atoms with Crippen molar-refractivity contribution in [1.29, 1.82) is 0 Å². The fourth-order valence-corrected chi connectivity index (χ4v) is 2.07. The number of hydrogen-bond donors (Lipinski definition) is 3. The van der Waals surface area contributed by atoms with Crippen molar-refractivity contribution in [2.45, 2.75) is 37.5 Å². The minimum absolute atomic E-state index is 0.0526. The van der Waals surface area contributed by atoms with Gasteiger partial charge in [0.2, 0.25) is 5.28 Å². The van der Waals surface area contributed by atoms with E-state index in [2.05, 4.69) is 15.3 Å². The van der Waals surface area contributed by atoms with E-state index in [0.717, 1.165) is 12.6 Å². The lowest BCUT2D eigenvalue weighted by Gasteiger charge is -2.32. The summed E-state index contributed by atoms with van der Waals surface area (Å²) in [5.41, 5.74) is 0. The van der Waals surface area contributed by atoms with Crippen LogP contribution in [0.5, 0.6) is 0 Å². The summed E-state index contributed by atoms with van der Waals surface area (Å²) >= 11 is 5.56. The number of halogens is 2. The van der Waals surface area contributed by atoms with Gasteiger partial charge in [-0.3, -0.25) is 0 Å². The second kappa shape index (κ2) is 5.12. The van der Waals surface area contributed by atoms with Crippen molar-refractivity contribution in [3.63, 3.8) is 0 Å². The third kappa shape index (κ3) is 2.83. The first kappa shape index (κ1) is 12.5. The van der Waals surface area contributed by atoms with Crippen molar-refractivity contribution in [3.8, 4) is 0 Å². The Morgan fingerprint density at radius 3 is 2.94 bits per heavy atom. The lowest BCUT2D eigenvalue weighted by molar-refractivity contribution is -0.0162. The number of rotatable bonds is 2. The smallest absolute Gasteiger partial charge is 0.224 e. The molecule has 0 spiro atoms. The molecule has 1 unspecified atom stereocenters. The minimum Gasteiger partial charge on any atom is -0.390 e. The molecule has 1 heterocycles. The van der Waals surface area contributed by atoms with Crippen LogP contribution in [0.4, 0.5) is 10.2 Å². The first-order valence-corrected chi connectivity index (χ1v) is 5.76. The van der Waals surface area contributed by atoms with Crippen LogP contribution in [-0.4, -0.2) is 38.4 Å². The van der Waals surface area contributed by atoms with Crippen LogP contribution in [-0.2, 0) is 0 Å². The van der Waals surface area contributed by atoms with Crippen LogP contribution in [0, 0.1) is 5.82 Å². The van der Waals surface area contributed by atoms with Gasteiger partial charge in [-0.05, 0) is 30.9 Å². The average Bonchev–Trinajstić information content (AvgIpc) is 2.30. The van der Waals surface area contributed by atoms with E-state index in [4.69, 9.17) is 11.6 Å². The second-order valence-corrected chi connectivity index (χ2v) is 4.41. The Kier molecular flexibility index (Phi) is 3.76. The summed E-state index contributed by atoms with van der Waals surface area (Å²) in [4.78, 5) is 7.20. The Morgan fingerprint density at radius 2 is 2.18 bits per heavy atom. The van der Waals surface area contributed by atoms with Gasteiger partial charge in [-0.15, -0.1) is 0 Å². The van der Waals surface area contributed by atoms with E-state index in [1.54, 1.807) is 0 Å². The summed E-state index contributed by atoms with van der Waals surface area (Å²) in [6, 6.07) is -0.431. The zero-order valence-corrected chi connectivity index (χ0v) is 9.73. The highest BCUT2D eigenvalue weighted by atomic mass is 35.5. The van der Waals surface area contributed by atoms with Gasteiger partial charge in [-0.25, -0.2) is 9.37 Å². The molecule has 0 bridgehead atoms. The normalized spacial score (nSPS) is 29.1. The molecule has 0 aliphatic heterocycles. The van der Waals surface area contributed by atoms with E-state index in [0.29, 0.717) is 12.8 Å². The first-order valence-electron chi connectivity index (χ1n) is 5.38. The van der Waals surface area contributed by atoms with Crippen LogP contribution < -0.4 is 5.32 Å². The SMILES string of the molecule is O[C@@H]1CCCC(Nc2nc(Cl)ncc2F)[C@@H]1O. The average molecular weight is 262 g/mol. The van der Waals surface area contributed by atoms with Crippen molar-refractivity contribution in [2.24, 2.45) is 0 Å². The Balaban J connectivity index is 2.11. The van der Waals surface area contributed by atoms with E-state index in [9.17, 15) is 14.6 Å². The Bertz CT molecular complexity index is 407. The molecular weight excluding hydrogens is 249 g/mol. The Labute approximate surface area is 103 Å². The lowest BCUT2D eigenvalue weighted by atomic mass is 9.90. The predicted molar refractivity (Wildman–Crippen MR) is 60.3 cm³/mol. The molecule has 0 aromatic carbocycles. The van der Waals surface area contributed by atoms with Gasteiger partial charge in [0.05, 0.1) is 24.4 Å². The van der Waals surface area contributed by atoms with Crippen LogP contribution in [0.2, 0.25) is 5.28 Å². The highest BCUT2D eigenvalue weighted by Gasteiger charge is 2.31. The molecule has 1 saturated carbocycles. The molecule has 17 heavy (non-hydrogen) atoms. The minimum atomic E-state index is -0.933. The molecule has 3 atom stereocenters. The van der Waals surface area contributed by atoms with Crippen molar-refractivity contribution in [3.05, 3.63) is 17.3 Å². The number of aliphatic hydroxyl groups excluding tert-OH is 2. The van der Waals surface area contributed by atoms with E-state index in [-0.39, 0.29) is 11.1 Å². The van der Waals surface area contributed by atoms with Gasteiger partial charge < -0.3 is 15.5 Å². The monoisotopic (exact) mass is 261 g/mol. The van der Waals surface area contributed by atoms with Crippen LogP contribution in [0.3, 0.4) is 0 Å². The van der Waals surface area contributed by atoms with Crippen LogP contribution in [0.1, 0.15) is 19.3 Å². The fraction of sp³-hybridized carbons (Fsp3) is 0.600. The largest absolute Gasteiger partial charge is 0.390 e. The van der Waals surface area contributed by atoms with Gasteiger partial charge in [0.1, 0.15) is 0 Å². The number of aromatic nitrogens is 2. The highest BCUT2D eigenvalue weighted by molar-refractivity contribution is 6.28. The molecule has 7 heteroatoms. The first-order chi connectivity index (χ1) is 8.08. The molecule has 5 nitrogen and oxygen atoms in total. The Morgan fingerprint density at radius 1 is 1.41 bits per heavy atom. The van der Waals surface area contributed by atoms with Crippen LogP contribution >= 0.6 is 11.6 Å². The van der Waals surface area contributed by atoms with E-state index in [1.807, 2.05) is 0 Å². The molecule has 94 valence electrons. The second-order valence-electron chi connectivity index (χ2n) is 4.08. The summed E-state index contributed by atoms with van der Waals surface area (Å²) in [5.74, 6) is -0.690. The highest BCUT2D eigenvalue weighted by Crippen LogP contribution is 2.23. The topological polar surface area (TPSA) is 78.3 Å². The number of anilines is 1. The molecule has 1 aromatic rings. The standard InChI is InChI=1S/C10H13ClFN3O2/c11-10-13-4-5(12)9(15-10)14-6-2-1-3-7(16)8(6)17/h4,6-8,16-17H,1-3H2,(H,13,14,15)/t6?,7-,8+/m1/s1. The zero-order valence-electron chi connectivity index (χ0n) is 8.98. The molecule has 1 aliphatic rings. The van der Waals surface area contributed by atoms with Gasteiger partial charge in [-0.2, -0.15) is 4.98 Å². The van der Waals surface area contributed by atoms with E-state index >= 15 is 0 Å². The zero-order chi connectivity index (χ0) is 12.4. The maximum atomic E-state index is 13.4. The molecule has 3 N–H and O–H groups in total. The molecule has 0 amide bonds. The summed E-state index contributed by atoms with van der Waals surface area (Å²) in [5, 5.41) is 21.9. The number of nitrogens with zero attached hydrogens (tertiary/aromatic N) is 2. The van der Waals surface area contributed by atoms with Gasteiger partial charge >= 0.3 is 0 Å². The van der Waals surface area contributed by atoms with Crippen molar-refractivity contribution >= 4 is 17.4 Å². The molecule has 1 aliphatic carbocycles.